The van der Waals surface area contributed by atoms with Crippen LogP contribution in [0.5, 0.6) is 5.75 Å². The van der Waals surface area contributed by atoms with Crippen molar-refractivity contribution in [2.24, 2.45) is 5.92 Å². The third-order valence-corrected chi connectivity index (χ3v) is 8.23. The number of amides is 1. The lowest BCUT2D eigenvalue weighted by Gasteiger charge is -2.31. The summed E-state index contributed by atoms with van der Waals surface area (Å²) in [6, 6.07) is 9.01. The number of hydrogen-bond donors (Lipinski definition) is 1. The van der Waals surface area contributed by atoms with E-state index in [4.69, 9.17) is 4.74 Å². The standard InChI is InChI=1S/C21H28N2O4S2/c1-14(2)27-18-8-9-19(15(3)12-18)22-21(24)17-6-5-11-23(13-17)29(25,26)20-10-7-16(4)28-20/h7-10,12,14,17H,5-6,11,13H2,1-4H3,(H,22,24). The molecule has 8 heteroatoms. The first-order valence-electron chi connectivity index (χ1n) is 9.81. The quantitative estimate of drug-likeness (QED) is 0.737. The van der Waals surface area contributed by atoms with E-state index in [1.807, 2.05) is 45.9 Å². The van der Waals surface area contributed by atoms with Gasteiger partial charge in [-0.1, -0.05) is 0 Å². The zero-order chi connectivity index (χ0) is 21.2. The maximum absolute atomic E-state index is 12.9. The number of rotatable bonds is 6. The Morgan fingerprint density at radius 1 is 1.24 bits per heavy atom. The molecule has 0 bridgehead atoms. The summed E-state index contributed by atoms with van der Waals surface area (Å²) >= 11 is 1.27. The van der Waals surface area contributed by atoms with Gasteiger partial charge in [0.25, 0.3) is 10.0 Å². The summed E-state index contributed by atoms with van der Waals surface area (Å²) in [5, 5.41) is 2.96. The molecule has 1 fully saturated rings. The van der Waals surface area contributed by atoms with E-state index in [1.54, 1.807) is 12.1 Å². The Labute approximate surface area is 176 Å². The number of carbonyl (C=O) groups excluding carboxylic acids is 1. The van der Waals surface area contributed by atoms with Gasteiger partial charge in [-0.15, -0.1) is 11.3 Å². The van der Waals surface area contributed by atoms with E-state index in [2.05, 4.69) is 5.32 Å². The fourth-order valence-electron chi connectivity index (χ4n) is 3.41. The monoisotopic (exact) mass is 436 g/mol. The van der Waals surface area contributed by atoms with E-state index in [1.165, 1.54) is 15.6 Å². The van der Waals surface area contributed by atoms with Crippen molar-refractivity contribution in [3.05, 3.63) is 40.8 Å². The second kappa shape index (κ2) is 8.85. The van der Waals surface area contributed by atoms with Gasteiger partial charge in [0.15, 0.2) is 0 Å². The molecule has 1 saturated heterocycles. The number of aryl methyl sites for hydroxylation is 2. The molecule has 1 unspecified atom stereocenters. The Morgan fingerprint density at radius 2 is 2.00 bits per heavy atom. The number of carbonyl (C=O) groups is 1. The van der Waals surface area contributed by atoms with Crippen LogP contribution in [0, 0.1) is 19.8 Å². The molecular formula is C21H28N2O4S2. The lowest BCUT2D eigenvalue weighted by molar-refractivity contribution is -0.120. The molecule has 3 rings (SSSR count). The average molecular weight is 437 g/mol. The Morgan fingerprint density at radius 3 is 2.62 bits per heavy atom. The summed E-state index contributed by atoms with van der Waals surface area (Å²) in [5.41, 5.74) is 1.63. The Bertz CT molecular complexity index is 982. The van der Waals surface area contributed by atoms with Crippen LogP contribution in [0.25, 0.3) is 0 Å². The van der Waals surface area contributed by atoms with Gasteiger partial charge in [-0.3, -0.25) is 4.79 Å². The van der Waals surface area contributed by atoms with Crippen molar-refractivity contribution in [1.29, 1.82) is 0 Å². The summed E-state index contributed by atoms with van der Waals surface area (Å²) in [6.45, 7) is 8.38. The van der Waals surface area contributed by atoms with Crippen LogP contribution < -0.4 is 10.1 Å². The number of hydrogen-bond acceptors (Lipinski definition) is 5. The molecule has 1 atom stereocenters. The highest BCUT2D eigenvalue weighted by Gasteiger charge is 2.34. The van der Waals surface area contributed by atoms with E-state index in [0.717, 1.165) is 21.9 Å². The highest BCUT2D eigenvalue weighted by molar-refractivity contribution is 7.91. The number of anilines is 1. The minimum atomic E-state index is -3.55. The smallest absolute Gasteiger partial charge is 0.252 e. The number of nitrogens with zero attached hydrogens (tertiary/aromatic N) is 1. The normalized spacial score (nSPS) is 18.0. The fraction of sp³-hybridized carbons (Fsp3) is 0.476. The lowest BCUT2D eigenvalue weighted by atomic mass is 9.98. The van der Waals surface area contributed by atoms with Gasteiger partial charge in [0.1, 0.15) is 9.96 Å². The number of sulfonamides is 1. The summed E-state index contributed by atoms with van der Waals surface area (Å²) < 4.78 is 33.3. The van der Waals surface area contributed by atoms with Crippen molar-refractivity contribution >= 4 is 33.0 Å². The molecule has 1 aliphatic rings. The van der Waals surface area contributed by atoms with Crippen molar-refractivity contribution in [3.8, 4) is 5.75 Å². The van der Waals surface area contributed by atoms with Crippen molar-refractivity contribution in [2.45, 2.75) is 50.8 Å². The van der Waals surface area contributed by atoms with Gasteiger partial charge in [-0.05, 0) is 76.4 Å². The maximum atomic E-state index is 12.9. The lowest BCUT2D eigenvalue weighted by Crippen LogP contribution is -2.43. The molecule has 0 saturated carbocycles. The maximum Gasteiger partial charge on any atom is 0.252 e. The van der Waals surface area contributed by atoms with Gasteiger partial charge < -0.3 is 10.1 Å². The Balaban J connectivity index is 1.68. The van der Waals surface area contributed by atoms with Crippen LogP contribution in [0.2, 0.25) is 0 Å². The van der Waals surface area contributed by atoms with Crippen molar-refractivity contribution in [3.63, 3.8) is 0 Å². The molecule has 158 valence electrons. The highest BCUT2D eigenvalue weighted by Crippen LogP contribution is 2.29. The van der Waals surface area contributed by atoms with Crippen molar-refractivity contribution in [2.75, 3.05) is 18.4 Å². The third-order valence-electron chi connectivity index (χ3n) is 4.89. The molecule has 0 spiro atoms. The van der Waals surface area contributed by atoms with Gasteiger partial charge in [0, 0.05) is 23.7 Å². The van der Waals surface area contributed by atoms with E-state index in [0.29, 0.717) is 23.6 Å². The average Bonchev–Trinajstić information content (AvgIpc) is 3.11. The van der Waals surface area contributed by atoms with E-state index in [9.17, 15) is 13.2 Å². The number of ether oxygens (including phenoxy) is 1. The van der Waals surface area contributed by atoms with E-state index < -0.39 is 10.0 Å². The molecule has 6 nitrogen and oxygen atoms in total. The first kappa shape index (κ1) is 21.8. The number of thiophene rings is 1. The zero-order valence-electron chi connectivity index (χ0n) is 17.3. The zero-order valence-corrected chi connectivity index (χ0v) is 18.9. The topological polar surface area (TPSA) is 75.7 Å². The van der Waals surface area contributed by atoms with Crippen LogP contribution in [-0.4, -0.2) is 37.8 Å². The predicted octanol–water partition coefficient (Wildman–Crippen LogP) is 4.19. The largest absolute Gasteiger partial charge is 0.491 e. The van der Waals surface area contributed by atoms with Crippen LogP contribution in [0.3, 0.4) is 0 Å². The Kier molecular flexibility index (Phi) is 6.65. The number of piperidine rings is 1. The van der Waals surface area contributed by atoms with Crippen LogP contribution in [-0.2, 0) is 14.8 Å². The molecule has 1 amide bonds. The predicted molar refractivity (Wildman–Crippen MR) is 116 cm³/mol. The second-order valence-corrected chi connectivity index (χ2v) is 11.2. The van der Waals surface area contributed by atoms with Gasteiger partial charge in [0.2, 0.25) is 5.91 Å². The Hall–Kier alpha value is -1.90. The van der Waals surface area contributed by atoms with Crippen LogP contribution in [0.1, 0.15) is 37.1 Å². The number of benzene rings is 1. The molecule has 1 N–H and O–H groups in total. The molecule has 29 heavy (non-hydrogen) atoms. The summed E-state index contributed by atoms with van der Waals surface area (Å²) in [5.74, 6) is 0.245. The molecule has 1 aromatic carbocycles. The minimum Gasteiger partial charge on any atom is -0.491 e. The fourth-order valence-corrected chi connectivity index (χ4v) is 6.37. The molecule has 1 aliphatic heterocycles. The van der Waals surface area contributed by atoms with Crippen LogP contribution in [0.15, 0.2) is 34.5 Å². The summed E-state index contributed by atoms with van der Waals surface area (Å²) in [6.07, 6.45) is 1.42. The highest BCUT2D eigenvalue weighted by atomic mass is 32.2. The van der Waals surface area contributed by atoms with Crippen LogP contribution in [0.4, 0.5) is 5.69 Å². The molecule has 0 radical (unpaired) electrons. The molecule has 2 heterocycles. The minimum absolute atomic E-state index is 0.0807. The van der Waals surface area contributed by atoms with Crippen molar-refractivity contribution in [1.82, 2.24) is 4.31 Å². The first-order chi connectivity index (χ1) is 13.7. The van der Waals surface area contributed by atoms with Gasteiger partial charge >= 0.3 is 0 Å². The second-order valence-electron chi connectivity index (χ2n) is 7.70. The van der Waals surface area contributed by atoms with E-state index in [-0.39, 0.29) is 24.5 Å². The first-order valence-corrected chi connectivity index (χ1v) is 12.1. The van der Waals surface area contributed by atoms with Crippen molar-refractivity contribution < 1.29 is 17.9 Å². The van der Waals surface area contributed by atoms with E-state index >= 15 is 0 Å². The molecule has 0 aliphatic carbocycles. The van der Waals surface area contributed by atoms with Crippen LogP contribution >= 0.6 is 11.3 Å². The van der Waals surface area contributed by atoms with Gasteiger partial charge in [0.05, 0.1) is 12.0 Å². The summed E-state index contributed by atoms with van der Waals surface area (Å²) in [7, 11) is -3.55. The molecule has 2 aromatic rings. The van der Waals surface area contributed by atoms with Gasteiger partial charge in [-0.2, -0.15) is 4.31 Å². The SMILES string of the molecule is Cc1ccc(S(=O)(=O)N2CCCC(C(=O)Nc3ccc(OC(C)C)cc3C)C2)s1. The van der Waals surface area contributed by atoms with Gasteiger partial charge in [-0.25, -0.2) is 8.42 Å². The molecular weight excluding hydrogens is 408 g/mol. The third kappa shape index (κ3) is 5.18. The number of nitrogens with one attached hydrogen (secondary N) is 1. The summed E-state index contributed by atoms with van der Waals surface area (Å²) in [4.78, 5) is 13.8. The molecule has 1 aromatic heterocycles.